The summed E-state index contributed by atoms with van der Waals surface area (Å²) in [6, 6.07) is 14.7. The van der Waals surface area contributed by atoms with Crippen LogP contribution in [0.2, 0.25) is 5.02 Å². The van der Waals surface area contributed by atoms with Gasteiger partial charge in [-0.05, 0) is 47.9 Å². The summed E-state index contributed by atoms with van der Waals surface area (Å²) in [5, 5.41) is 0.517. The van der Waals surface area contributed by atoms with Crippen molar-refractivity contribution in [1.82, 2.24) is 14.9 Å². The molecule has 0 radical (unpaired) electrons. The van der Waals surface area contributed by atoms with E-state index in [1.165, 1.54) is 0 Å². The Kier molecular flexibility index (Phi) is 4.86. The first kappa shape index (κ1) is 17.3. The minimum absolute atomic E-state index is 0.0259. The zero-order chi connectivity index (χ0) is 18.6. The largest absolute Gasteiger partial charge is 0.334 e. The SMILES string of the molecule is O=C(c1ccc(Cl)c(C#Cc2ccccn2)c1)N1CCc2ncccc2C1. The molecule has 3 heterocycles. The Morgan fingerprint density at radius 3 is 2.78 bits per heavy atom. The van der Waals surface area contributed by atoms with Gasteiger partial charge in [0.25, 0.3) is 5.91 Å². The molecule has 132 valence electrons. The Balaban J connectivity index is 1.58. The van der Waals surface area contributed by atoms with Gasteiger partial charge in [-0.15, -0.1) is 0 Å². The lowest BCUT2D eigenvalue weighted by Gasteiger charge is -2.28. The van der Waals surface area contributed by atoms with Crippen molar-refractivity contribution in [2.45, 2.75) is 13.0 Å². The molecule has 1 amide bonds. The maximum absolute atomic E-state index is 12.9. The minimum Gasteiger partial charge on any atom is -0.334 e. The lowest BCUT2D eigenvalue weighted by molar-refractivity contribution is 0.0733. The van der Waals surface area contributed by atoms with Gasteiger partial charge >= 0.3 is 0 Å². The molecule has 1 aromatic carbocycles. The number of aromatic nitrogens is 2. The zero-order valence-corrected chi connectivity index (χ0v) is 15.3. The third-order valence-electron chi connectivity index (χ3n) is 4.45. The highest BCUT2D eigenvalue weighted by molar-refractivity contribution is 6.31. The van der Waals surface area contributed by atoms with E-state index in [1.54, 1.807) is 30.6 Å². The van der Waals surface area contributed by atoms with Crippen molar-refractivity contribution in [1.29, 1.82) is 0 Å². The molecule has 3 aromatic rings. The number of fused-ring (bicyclic) bond motifs is 1. The molecule has 0 unspecified atom stereocenters. The fourth-order valence-electron chi connectivity index (χ4n) is 3.04. The second-order valence-electron chi connectivity index (χ2n) is 6.25. The van der Waals surface area contributed by atoms with Gasteiger partial charge in [-0.2, -0.15) is 0 Å². The van der Waals surface area contributed by atoms with Crippen molar-refractivity contribution in [3.63, 3.8) is 0 Å². The predicted molar refractivity (Wildman–Crippen MR) is 104 cm³/mol. The molecule has 0 aliphatic carbocycles. The first-order chi connectivity index (χ1) is 13.2. The first-order valence-electron chi connectivity index (χ1n) is 8.65. The standard InChI is InChI=1S/C22H16ClN3O/c23-20-9-7-17(14-16(20)6-8-19-5-1-2-11-24-19)22(27)26-13-10-21-18(15-26)4-3-12-25-21/h1-5,7,9,11-12,14H,10,13,15H2. The van der Waals surface area contributed by atoms with E-state index in [4.69, 9.17) is 11.6 Å². The molecule has 0 atom stereocenters. The van der Waals surface area contributed by atoms with Gasteiger partial charge < -0.3 is 4.90 Å². The summed E-state index contributed by atoms with van der Waals surface area (Å²) in [5.41, 5.74) is 4.02. The highest BCUT2D eigenvalue weighted by atomic mass is 35.5. The van der Waals surface area contributed by atoms with Crippen LogP contribution in [0.25, 0.3) is 0 Å². The molecule has 27 heavy (non-hydrogen) atoms. The number of carbonyl (C=O) groups excluding carboxylic acids is 1. The molecule has 4 nitrogen and oxygen atoms in total. The monoisotopic (exact) mass is 373 g/mol. The molecule has 1 aliphatic rings. The summed E-state index contributed by atoms with van der Waals surface area (Å²) in [5.74, 6) is 5.97. The van der Waals surface area contributed by atoms with Gasteiger partial charge in [-0.3, -0.25) is 9.78 Å². The number of pyridine rings is 2. The van der Waals surface area contributed by atoms with Gasteiger partial charge in [0.05, 0.1) is 5.02 Å². The highest BCUT2D eigenvalue weighted by Crippen LogP contribution is 2.21. The first-order valence-corrected chi connectivity index (χ1v) is 9.03. The molecule has 0 saturated heterocycles. The molecule has 0 N–H and O–H groups in total. The van der Waals surface area contributed by atoms with Gasteiger partial charge in [0.1, 0.15) is 5.69 Å². The summed E-state index contributed by atoms with van der Waals surface area (Å²) >= 11 is 6.26. The van der Waals surface area contributed by atoms with Crippen LogP contribution in [0, 0.1) is 11.8 Å². The number of nitrogens with zero attached hydrogens (tertiary/aromatic N) is 3. The van der Waals surface area contributed by atoms with Crippen LogP contribution in [-0.4, -0.2) is 27.3 Å². The minimum atomic E-state index is -0.0259. The second-order valence-corrected chi connectivity index (χ2v) is 6.65. The molecule has 1 aliphatic heterocycles. The van der Waals surface area contributed by atoms with Crippen molar-refractivity contribution in [2.24, 2.45) is 0 Å². The van der Waals surface area contributed by atoms with Crippen LogP contribution in [0.5, 0.6) is 0 Å². The molecule has 2 aromatic heterocycles. The summed E-state index contributed by atoms with van der Waals surface area (Å²) in [6.45, 7) is 1.22. The van der Waals surface area contributed by atoms with Crippen LogP contribution in [0.1, 0.15) is 32.9 Å². The Labute approximate surface area is 162 Å². The van der Waals surface area contributed by atoms with Gasteiger partial charge in [0, 0.05) is 48.7 Å². The van der Waals surface area contributed by atoms with E-state index in [2.05, 4.69) is 21.8 Å². The number of rotatable bonds is 1. The normalized spacial score (nSPS) is 12.7. The van der Waals surface area contributed by atoms with Crippen LogP contribution < -0.4 is 0 Å². The third kappa shape index (κ3) is 3.84. The maximum Gasteiger partial charge on any atom is 0.254 e. The van der Waals surface area contributed by atoms with Crippen LogP contribution in [0.3, 0.4) is 0 Å². The lowest BCUT2D eigenvalue weighted by Crippen LogP contribution is -2.36. The fourth-order valence-corrected chi connectivity index (χ4v) is 3.21. The van der Waals surface area contributed by atoms with Gasteiger partial charge in [-0.25, -0.2) is 4.98 Å². The molecule has 4 rings (SSSR count). The predicted octanol–water partition coefficient (Wildman–Crippen LogP) is 3.73. The highest BCUT2D eigenvalue weighted by Gasteiger charge is 2.22. The maximum atomic E-state index is 12.9. The Hall–Kier alpha value is -3.16. The van der Waals surface area contributed by atoms with Gasteiger partial charge in [0.2, 0.25) is 0 Å². The van der Waals surface area contributed by atoms with Crippen LogP contribution >= 0.6 is 11.6 Å². The molecular weight excluding hydrogens is 358 g/mol. The third-order valence-corrected chi connectivity index (χ3v) is 4.78. The topological polar surface area (TPSA) is 46.1 Å². The van der Waals surface area contributed by atoms with Crippen LogP contribution in [0.15, 0.2) is 60.9 Å². The number of hydrogen-bond acceptors (Lipinski definition) is 3. The van der Waals surface area contributed by atoms with Crippen LogP contribution in [-0.2, 0) is 13.0 Å². The summed E-state index contributed by atoms with van der Waals surface area (Å²) in [4.78, 5) is 23.3. The van der Waals surface area contributed by atoms with E-state index < -0.39 is 0 Å². The number of halogens is 1. The average molecular weight is 374 g/mol. The van der Waals surface area contributed by atoms with E-state index in [-0.39, 0.29) is 5.91 Å². The molecule has 0 spiro atoms. The second kappa shape index (κ2) is 7.61. The van der Waals surface area contributed by atoms with Crippen molar-refractivity contribution in [3.05, 3.63) is 94.0 Å². The lowest BCUT2D eigenvalue weighted by atomic mass is 10.0. The van der Waals surface area contributed by atoms with E-state index >= 15 is 0 Å². The molecule has 0 bridgehead atoms. The molecular formula is C22H16ClN3O. The number of amides is 1. The average Bonchev–Trinajstić information content (AvgIpc) is 2.73. The van der Waals surface area contributed by atoms with E-state index in [0.717, 1.165) is 17.7 Å². The summed E-state index contributed by atoms with van der Waals surface area (Å²) < 4.78 is 0. The van der Waals surface area contributed by atoms with Crippen molar-refractivity contribution >= 4 is 17.5 Å². The van der Waals surface area contributed by atoms with Crippen LogP contribution in [0.4, 0.5) is 0 Å². The quantitative estimate of drug-likeness (QED) is 0.610. The summed E-state index contributed by atoms with van der Waals surface area (Å²) in [7, 11) is 0. The Morgan fingerprint density at radius 2 is 1.93 bits per heavy atom. The zero-order valence-electron chi connectivity index (χ0n) is 14.5. The number of benzene rings is 1. The number of hydrogen-bond donors (Lipinski definition) is 0. The van der Waals surface area contributed by atoms with Crippen molar-refractivity contribution < 1.29 is 4.79 Å². The fraction of sp³-hybridized carbons (Fsp3) is 0.136. The van der Waals surface area contributed by atoms with E-state index in [1.807, 2.05) is 35.2 Å². The van der Waals surface area contributed by atoms with E-state index in [9.17, 15) is 4.79 Å². The number of carbonyl (C=O) groups is 1. The van der Waals surface area contributed by atoms with Gasteiger partial charge in [-0.1, -0.05) is 29.7 Å². The van der Waals surface area contributed by atoms with Crippen molar-refractivity contribution in [2.75, 3.05) is 6.54 Å². The molecule has 0 fully saturated rings. The Bertz CT molecular complexity index is 1050. The van der Waals surface area contributed by atoms with E-state index in [0.29, 0.717) is 34.9 Å². The smallest absolute Gasteiger partial charge is 0.254 e. The summed E-state index contributed by atoms with van der Waals surface area (Å²) in [6.07, 6.45) is 4.25. The van der Waals surface area contributed by atoms with Crippen molar-refractivity contribution in [3.8, 4) is 11.8 Å². The Morgan fingerprint density at radius 1 is 1.04 bits per heavy atom. The molecule has 5 heteroatoms. The molecule has 0 saturated carbocycles. The van der Waals surface area contributed by atoms with Gasteiger partial charge in [0.15, 0.2) is 0 Å².